The molecule has 0 spiro atoms. The molecule has 2 aromatic heterocycles. The van der Waals surface area contributed by atoms with Crippen LogP contribution in [0.25, 0.3) is 133 Å². The smallest absolute Gasteiger partial charge is 0.159 e. The third-order valence-corrected chi connectivity index (χ3v) is 19.5. The molecule has 0 aliphatic carbocycles. The summed E-state index contributed by atoms with van der Waals surface area (Å²) in [5.74, 6) is 0. The number of fused-ring (bicyclic) bond motifs is 6. The van der Waals surface area contributed by atoms with Crippen LogP contribution in [0.3, 0.4) is 0 Å². The fourth-order valence-corrected chi connectivity index (χ4v) is 14.3. The first-order valence-electron chi connectivity index (χ1n) is 34.3. The Morgan fingerprint density at radius 2 is 0.465 bits per heavy atom. The van der Waals surface area contributed by atoms with Crippen LogP contribution in [0.2, 0.25) is 0 Å². The zero-order valence-electron chi connectivity index (χ0n) is 55.5. The number of halogens is 1. The van der Waals surface area contributed by atoms with Crippen molar-refractivity contribution in [1.82, 2.24) is 0 Å². The number of anilines is 3. The fraction of sp³-hybridized carbons (Fsp3) is 0.0103. The number of hydrogen-bond donors (Lipinski definition) is 0. The maximum absolute atomic E-state index is 6.58. The topological polar surface area (TPSA) is 29.5 Å². The lowest BCUT2D eigenvalue weighted by Gasteiger charge is -2.26. The summed E-state index contributed by atoms with van der Waals surface area (Å²) in [7, 11) is 0. The predicted octanol–water partition coefficient (Wildman–Crippen LogP) is 28.0. The molecular weight excluding hydrogens is 1290 g/mol. The Balaban J connectivity index is 0.000000135. The molecule has 0 bridgehead atoms. The van der Waals surface area contributed by atoms with Crippen molar-refractivity contribution in [3.05, 3.63) is 416 Å². The second-order valence-corrected chi connectivity index (χ2v) is 26.0. The summed E-state index contributed by atoms with van der Waals surface area (Å²) in [6.45, 7) is 0. The Kier molecular flexibility index (Phi) is 18.3. The lowest BCUT2D eigenvalue weighted by Crippen LogP contribution is -2.10. The van der Waals surface area contributed by atoms with Crippen LogP contribution in [-0.2, 0) is 6.42 Å². The fourth-order valence-electron chi connectivity index (χ4n) is 13.9. The van der Waals surface area contributed by atoms with E-state index in [0.29, 0.717) is 0 Å². The molecule has 18 aromatic rings. The molecule has 0 saturated heterocycles. The minimum Gasteiger partial charge on any atom is -0.455 e. The molecule has 0 fully saturated rings. The minimum atomic E-state index is 0.866. The normalized spacial score (nSPS) is 11.1. The van der Waals surface area contributed by atoms with Crippen molar-refractivity contribution < 1.29 is 8.83 Å². The number of furan rings is 2. The first kappa shape index (κ1) is 63.2. The van der Waals surface area contributed by atoms with E-state index in [1.807, 2.05) is 42.5 Å². The number of para-hydroxylation sites is 4. The van der Waals surface area contributed by atoms with E-state index in [0.717, 1.165) is 66.4 Å². The van der Waals surface area contributed by atoms with Gasteiger partial charge in [0, 0.05) is 32.9 Å². The van der Waals surface area contributed by atoms with Crippen LogP contribution >= 0.6 is 15.9 Å². The van der Waals surface area contributed by atoms with E-state index >= 15 is 0 Å². The van der Waals surface area contributed by atoms with Crippen molar-refractivity contribution in [2.75, 3.05) is 4.90 Å². The molecule has 2 heterocycles. The number of nitrogens with zero attached hydrogens (tertiary/aromatic N) is 1. The van der Waals surface area contributed by atoms with Gasteiger partial charge in [0.15, 0.2) is 5.58 Å². The van der Waals surface area contributed by atoms with Crippen molar-refractivity contribution >= 4 is 76.9 Å². The summed E-state index contributed by atoms with van der Waals surface area (Å²) in [5, 5.41) is 4.55. The summed E-state index contributed by atoms with van der Waals surface area (Å²) < 4.78 is 13.3. The molecule has 0 unspecified atom stereocenters. The van der Waals surface area contributed by atoms with Gasteiger partial charge < -0.3 is 13.7 Å². The lowest BCUT2D eigenvalue weighted by atomic mass is 9.92. The molecule has 101 heavy (non-hydrogen) atoms. The van der Waals surface area contributed by atoms with Crippen LogP contribution in [0.4, 0.5) is 17.1 Å². The highest BCUT2D eigenvalue weighted by atomic mass is 79.9. The van der Waals surface area contributed by atoms with Crippen LogP contribution in [0.15, 0.2) is 414 Å². The Morgan fingerprint density at radius 3 is 0.812 bits per heavy atom. The third-order valence-electron chi connectivity index (χ3n) is 18.8. The highest BCUT2D eigenvalue weighted by Crippen LogP contribution is 2.45. The molecule has 0 saturated carbocycles. The van der Waals surface area contributed by atoms with Gasteiger partial charge in [0.2, 0.25) is 0 Å². The number of rotatable bonds is 13. The summed E-state index contributed by atoms with van der Waals surface area (Å²) in [6, 6.07) is 142. The van der Waals surface area contributed by atoms with E-state index in [-0.39, 0.29) is 0 Å². The van der Waals surface area contributed by atoms with Gasteiger partial charge in [0.05, 0.1) is 10.2 Å². The van der Waals surface area contributed by atoms with Crippen molar-refractivity contribution in [2.45, 2.75) is 6.42 Å². The van der Waals surface area contributed by atoms with Gasteiger partial charge >= 0.3 is 0 Å². The first-order valence-corrected chi connectivity index (χ1v) is 35.1. The maximum atomic E-state index is 6.58. The first-order chi connectivity index (χ1) is 50.0. The maximum Gasteiger partial charge on any atom is 0.159 e. The molecule has 0 amide bonds. The molecule has 16 aromatic carbocycles. The monoisotopic (exact) mass is 1360 g/mol. The molecule has 0 aliphatic heterocycles. The molecule has 480 valence electrons. The number of hydrogen-bond acceptors (Lipinski definition) is 3. The predicted molar refractivity (Wildman–Crippen MR) is 429 cm³/mol. The van der Waals surface area contributed by atoms with E-state index in [1.54, 1.807) is 0 Å². The lowest BCUT2D eigenvalue weighted by molar-refractivity contribution is 0.667. The highest BCUT2D eigenvalue weighted by molar-refractivity contribution is 9.10. The molecule has 3 nitrogen and oxygen atoms in total. The van der Waals surface area contributed by atoms with Gasteiger partial charge in [-0.2, -0.15) is 0 Å². The second-order valence-electron chi connectivity index (χ2n) is 25.1. The molecule has 0 N–H and O–H groups in total. The molecule has 0 radical (unpaired) electrons. The number of benzene rings is 16. The van der Waals surface area contributed by atoms with E-state index in [2.05, 4.69) is 379 Å². The van der Waals surface area contributed by atoms with Gasteiger partial charge in [-0.25, -0.2) is 0 Å². The Labute approximate surface area is 597 Å². The van der Waals surface area contributed by atoms with Crippen LogP contribution in [0, 0.1) is 0 Å². The van der Waals surface area contributed by atoms with Gasteiger partial charge in [-0.05, 0) is 171 Å². The SMILES string of the molecule is Brc1cccc2c1oc1ccccc12.c1ccc(-c2ccccc2-c2ccc(Cc3ccc(-c4ccccc4-c4ccccc4)cc3)cc2)cc1.c1ccc(-c2ccccc2-c2ccc(N(c3ccc(-c4ccccc4-c4ccccc4)cc3)c3cccc4c3oc3ccccc34)cc2)cc1. The quantitative estimate of drug-likeness (QED) is 0.115. The zero-order chi connectivity index (χ0) is 67.7. The van der Waals surface area contributed by atoms with Crippen LogP contribution in [-0.4, -0.2) is 0 Å². The van der Waals surface area contributed by atoms with Crippen molar-refractivity contribution in [3.8, 4) is 89.0 Å². The summed E-state index contributed by atoms with van der Waals surface area (Å²) >= 11 is 3.48. The van der Waals surface area contributed by atoms with Gasteiger partial charge in [0.25, 0.3) is 0 Å². The van der Waals surface area contributed by atoms with E-state index in [9.17, 15) is 0 Å². The van der Waals surface area contributed by atoms with Crippen LogP contribution in [0.5, 0.6) is 0 Å². The standard InChI is InChI=1S/C48H33NO.C37H28.C12H7BrO/c1-3-14-34(15-4-1)40-18-7-9-20-42(40)36-26-30-38(31-27-36)49(46-24-13-23-45-44-22-11-12-25-47(44)50-48(45)46)39-32-28-37(29-33-39)43-21-10-8-19-41(43)35-16-5-2-6-17-35;1-3-11-30(12-4-1)34-15-7-9-17-36(34)32-23-19-28(20-24-32)27-29-21-25-33(26-22-29)37-18-10-8-16-35(37)31-13-5-2-6-14-31;13-10-6-3-5-9-8-4-1-2-7-11(8)14-12(9)10/h1-33H;1-26H,27H2;1-7H. The highest BCUT2D eigenvalue weighted by Gasteiger charge is 2.21. The molecule has 4 heteroatoms. The largest absolute Gasteiger partial charge is 0.455 e. The summed E-state index contributed by atoms with van der Waals surface area (Å²) in [6.07, 6.45) is 0.918. The van der Waals surface area contributed by atoms with Crippen LogP contribution < -0.4 is 4.90 Å². The molecule has 0 aliphatic rings. The third kappa shape index (κ3) is 13.5. The molecule has 18 rings (SSSR count). The average Bonchev–Trinajstić information content (AvgIpc) is 1.48. The Morgan fingerprint density at radius 1 is 0.208 bits per heavy atom. The molecule has 0 atom stereocenters. The zero-order valence-corrected chi connectivity index (χ0v) is 57.0. The summed E-state index contributed by atoms with van der Waals surface area (Å²) in [4.78, 5) is 2.31. The van der Waals surface area contributed by atoms with Gasteiger partial charge in [-0.1, -0.05) is 352 Å². The van der Waals surface area contributed by atoms with Gasteiger partial charge in [0.1, 0.15) is 16.7 Å². The summed E-state index contributed by atoms with van der Waals surface area (Å²) in [5.41, 5.74) is 29.0. The Bertz CT molecular complexity index is 5580. The van der Waals surface area contributed by atoms with Crippen molar-refractivity contribution in [3.63, 3.8) is 0 Å². The van der Waals surface area contributed by atoms with Crippen molar-refractivity contribution in [1.29, 1.82) is 0 Å². The van der Waals surface area contributed by atoms with Crippen molar-refractivity contribution in [2.24, 2.45) is 0 Å². The van der Waals surface area contributed by atoms with E-state index in [4.69, 9.17) is 8.83 Å². The van der Waals surface area contributed by atoms with E-state index < -0.39 is 0 Å². The second kappa shape index (κ2) is 29.2. The van der Waals surface area contributed by atoms with Gasteiger partial charge in [-0.3, -0.25) is 0 Å². The van der Waals surface area contributed by atoms with E-state index in [1.165, 1.54) is 106 Å². The Hall–Kier alpha value is -12.6. The van der Waals surface area contributed by atoms with Crippen LogP contribution in [0.1, 0.15) is 11.1 Å². The average molecular weight is 1360 g/mol. The molecular formula is C97H68BrNO2. The van der Waals surface area contributed by atoms with Gasteiger partial charge in [-0.15, -0.1) is 0 Å². The minimum absolute atomic E-state index is 0.866.